The first-order chi connectivity index (χ1) is 4.24. The topological polar surface area (TPSA) is 91.2 Å². The Morgan fingerprint density at radius 2 is 1.30 bits per heavy atom. The van der Waals surface area contributed by atoms with Gasteiger partial charge < -0.3 is 15.3 Å². The number of rotatable bonds is 4. The van der Waals surface area contributed by atoms with E-state index in [9.17, 15) is 0 Å². The molecule has 0 aliphatic rings. The highest BCUT2D eigenvalue weighted by Gasteiger charge is 2.24. The molecule has 3 N–H and O–H groups in total. The van der Waals surface area contributed by atoms with Crippen LogP contribution in [0.4, 0.5) is 0 Å². The molecular weight excluding hydrogens is 134 g/mol. The van der Waals surface area contributed by atoms with Gasteiger partial charge in [0.1, 0.15) is 0 Å². The highest BCUT2D eigenvalue weighted by atomic mass is 16.3. The predicted octanol–water partition coefficient (Wildman–Crippen LogP) is -1.12. The molecule has 4 heteroatoms. The largest absolute Gasteiger partial charge is 0.396 e. The minimum absolute atomic E-state index is 0. The number of nitrogens with zero attached hydrogens (tertiary/aromatic N) is 1. The fraction of sp³-hybridized carbons (Fsp3) is 1.00. The first-order valence-electron chi connectivity index (χ1n) is 3.07. The molecule has 0 bridgehead atoms. The van der Waals surface area contributed by atoms with Gasteiger partial charge in [-0.15, -0.1) is 0 Å². The van der Waals surface area contributed by atoms with Crippen LogP contribution in [0.1, 0.15) is 13.3 Å². The van der Waals surface area contributed by atoms with Crippen LogP contribution in [0, 0.1) is 5.41 Å². The first-order valence-corrected chi connectivity index (χ1v) is 3.07. The molecule has 0 heterocycles. The Morgan fingerprint density at radius 1 is 1.00 bits per heavy atom. The number of hydrogen-bond donors (Lipinski definition) is 3. The molecule has 0 rings (SSSR count). The second-order valence-electron chi connectivity index (χ2n) is 2.33. The zero-order valence-corrected chi connectivity index (χ0v) is 6.12. The van der Waals surface area contributed by atoms with Gasteiger partial charge in [-0.05, 0) is 6.42 Å². The Balaban J connectivity index is 0. The number of aliphatic hydroxyl groups excluding tert-OH is 3. The van der Waals surface area contributed by atoms with Gasteiger partial charge in [0.25, 0.3) is 0 Å². The Hall–Kier alpha value is -0.160. The van der Waals surface area contributed by atoms with E-state index >= 15 is 0 Å². The summed E-state index contributed by atoms with van der Waals surface area (Å²) in [6.45, 7) is 1.35. The van der Waals surface area contributed by atoms with E-state index in [0.717, 1.165) is 0 Å². The summed E-state index contributed by atoms with van der Waals surface area (Å²) in [5.74, 6) is 0. The van der Waals surface area contributed by atoms with Gasteiger partial charge in [-0.2, -0.15) is 0 Å². The summed E-state index contributed by atoms with van der Waals surface area (Å²) in [6.07, 6.45) is 0.594. The molecule has 0 saturated carbocycles. The molecule has 0 saturated heterocycles. The number of aliphatic hydroxyl groups is 3. The zero-order valence-electron chi connectivity index (χ0n) is 6.12. The molecule has 0 aromatic heterocycles. The summed E-state index contributed by atoms with van der Waals surface area (Å²) < 4.78 is 0. The summed E-state index contributed by atoms with van der Waals surface area (Å²) in [5, 5.41) is 26.0. The molecular formula is C6H14NO3. The van der Waals surface area contributed by atoms with Crippen molar-refractivity contribution in [1.82, 2.24) is 6.15 Å². The third-order valence-corrected chi connectivity index (χ3v) is 1.76. The molecule has 0 spiro atoms. The van der Waals surface area contributed by atoms with Crippen molar-refractivity contribution in [1.29, 1.82) is 0 Å². The Morgan fingerprint density at radius 3 is 1.30 bits per heavy atom. The van der Waals surface area contributed by atoms with Gasteiger partial charge in [-0.3, -0.25) is 0 Å². The highest BCUT2D eigenvalue weighted by Crippen LogP contribution is 2.18. The van der Waals surface area contributed by atoms with E-state index < -0.39 is 5.41 Å². The summed E-state index contributed by atoms with van der Waals surface area (Å²) in [4.78, 5) is 0. The van der Waals surface area contributed by atoms with Crippen molar-refractivity contribution in [2.75, 3.05) is 19.8 Å². The maximum atomic E-state index is 8.66. The molecule has 0 fully saturated rings. The Labute approximate surface area is 61.1 Å². The van der Waals surface area contributed by atoms with E-state index in [4.69, 9.17) is 15.3 Å². The van der Waals surface area contributed by atoms with Crippen LogP contribution in [0.5, 0.6) is 0 Å². The minimum atomic E-state index is -0.667. The van der Waals surface area contributed by atoms with Crippen LogP contribution < -0.4 is 6.15 Å². The first kappa shape index (κ1) is 12.5. The van der Waals surface area contributed by atoms with Crippen LogP contribution >= 0.6 is 0 Å². The van der Waals surface area contributed by atoms with Crippen molar-refractivity contribution < 1.29 is 15.3 Å². The molecule has 0 aliphatic carbocycles. The molecule has 3 radical (unpaired) electrons. The average molecular weight is 148 g/mol. The third-order valence-electron chi connectivity index (χ3n) is 1.76. The lowest BCUT2D eigenvalue weighted by atomic mass is 9.88. The fourth-order valence-corrected chi connectivity index (χ4v) is 0.485. The maximum Gasteiger partial charge on any atom is 0.0531 e. The van der Waals surface area contributed by atoms with Crippen LogP contribution in [0.25, 0.3) is 0 Å². The molecule has 0 aromatic carbocycles. The van der Waals surface area contributed by atoms with Gasteiger partial charge in [-0.1, -0.05) is 6.92 Å². The molecule has 4 nitrogen and oxygen atoms in total. The smallest absolute Gasteiger partial charge is 0.0531 e. The lowest BCUT2D eigenvalue weighted by Gasteiger charge is -2.24. The molecule has 61 valence electrons. The van der Waals surface area contributed by atoms with Crippen molar-refractivity contribution in [3.63, 3.8) is 0 Å². The standard InChI is InChI=1S/C6H14O3.N/c1-2-6(3-7,4-8)5-9;/h7-9H,2-5H2,1H3;. The lowest BCUT2D eigenvalue weighted by Crippen LogP contribution is -2.32. The maximum absolute atomic E-state index is 8.66. The van der Waals surface area contributed by atoms with Crippen LogP contribution in [-0.2, 0) is 0 Å². The summed E-state index contributed by atoms with van der Waals surface area (Å²) in [7, 11) is 0. The molecule has 0 aliphatic heterocycles. The SMILES string of the molecule is CCC(CO)(CO)CO.[N]. The number of hydrogen-bond acceptors (Lipinski definition) is 3. The second kappa shape index (κ2) is 5.61. The van der Waals surface area contributed by atoms with Crippen LogP contribution in [-0.4, -0.2) is 35.1 Å². The van der Waals surface area contributed by atoms with Crippen LogP contribution in [0.3, 0.4) is 0 Å². The van der Waals surface area contributed by atoms with E-state index in [-0.39, 0.29) is 26.0 Å². The van der Waals surface area contributed by atoms with E-state index in [1.165, 1.54) is 0 Å². The fourth-order valence-electron chi connectivity index (χ4n) is 0.485. The Bertz CT molecular complexity index is 55.9. The lowest BCUT2D eigenvalue weighted by molar-refractivity contribution is 0.00304. The zero-order chi connectivity index (χ0) is 7.33. The Kier molecular flexibility index (Phi) is 7.02. The van der Waals surface area contributed by atoms with E-state index in [2.05, 4.69) is 0 Å². The van der Waals surface area contributed by atoms with Gasteiger partial charge in [0.15, 0.2) is 0 Å². The van der Waals surface area contributed by atoms with Crippen molar-refractivity contribution in [2.24, 2.45) is 5.41 Å². The van der Waals surface area contributed by atoms with E-state index in [1.807, 2.05) is 6.92 Å². The normalized spacial score (nSPS) is 10.8. The van der Waals surface area contributed by atoms with Crippen molar-refractivity contribution >= 4 is 0 Å². The monoisotopic (exact) mass is 148 g/mol. The average Bonchev–Trinajstić information content (AvgIpc) is 1.95. The summed E-state index contributed by atoms with van der Waals surface area (Å²) in [6, 6.07) is 0. The van der Waals surface area contributed by atoms with Crippen molar-refractivity contribution in [2.45, 2.75) is 13.3 Å². The van der Waals surface area contributed by atoms with Gasteiger partial charge in [0, 0.05) is 11.6 Å². The molecule has 10 heavy (non-hydrogen) atoms. The van der Waals surface area contributed by atoms with Gasteiger partial charge >= 0.3 is 0 Å². The van der Waals surface area contributed by atoms with Gasteiger partial charge in [-0.25, -0.2) is 0 Å². The molecule has 0 amide bonds. The van der Waals surface area contributed by atoms with Crippen molar-refractivity contribution in [3.05, 3.63) is 0 Å². The molecule has 0 aromatic rings. The van der Waals surface area contributed by atoms with Crippen LogP contribution in [0.15, 0.2) is 0 Å². The third kappa shape index (κ3) is 2.62. The van der Waals surface area contributed by atoms with E-state index in [1.54, 1.807) is 0 Å². The van der Waals surface area contributed by atoms with Crippen molar-refractivity contribution in [3.8, 4) is 0 Å². The molecule has 0 unspecified atom stereocenters. The summed E-state index contributed by atoms with van der Waals surface area (Å²) >= 11 is 0. The summed E-state index contributed by atoms with van der Waals surface area (Å²) in [5.41, 5.74) is -0.667. The van der Waals surface area contributed by atoms with Gasteiger partial charge in [0.05, 0.1) is 19.8 Å². The van der Waals surface area contributed by atoms with Crippen LogP contribution in [0.2, 0.25) is 0 Å². The quantitative estimate of drug-likeness (QED) is 0.471. The van der Waals surface area contributed by atoms with E-state index in [0.29, 0.717) is 6.42 Å². The highest BCUT2D eigenvalue weighted by molar-refractivity contribution is 4.74. The van der Waals surface area contributed by atoms with Gasteiger partial charge in [0.2, 0.25) is 0 Å². The molecule has 0 atom stereocenters. The minimum Gasteiger partial charge on any atom is -0.396 e. The predicted molar refractivity (Wildman–Crippen MR) is 36.1 cm³/mol. The second-order valence-corrected chi connectivity index (χ2v) is 2.33.